The average molecular weight is 482 g/mol. The number of rotatable bonds is 7. The van der Waals surface area contributed by atoms with Gasteiger partial charge in [0.1, 0.15) is 11.6 Å². The molecule has 2 aromatic heterocycles. The Balaban J connectivity index is 0.00000261. The fraction of sp³-hybridized carbons (Fsp3) is 0.278. The van der Waals surface area contributed by atoms with Gasteiger partial charge in [-0.3, -0.25) is 5.10 Å². The van der Waals surface area contributed by atoms with Crippen molar-refractivity contribution in [3.8, 4) is 17.3 Å². The van der Waals surface area contributed by atoms with Crippen LogP contribution in [0.4, 0.5) is 0 Å². The summed E-state index contributed by atoms with van der Waals surface area (Å²) in [5.74, 6) is 3.38. The molecule has 3 aromatic rings. The molecule has 0 aliphatic rings. The van der Waals surface area contributed by atoms with E-state index in [2.05, 4.69) is 30.8 Å². The Morgan fingerprint density at radius 2 is 2.15 bits per heavy atom. The van der Waals surface area contributed by atoms with Gasteiger partial charge in [0.2, 0.25) is 5.82 Å². The normalized spacial score (nSPS) is 11.0. The van der Waals surface area contributed by atoms with Crippen LogP contribution in [0.3, 0.4) is 0 Å². The molecule has 0 aliphatic carbocycles. The molecular formula is C18H23IN6O2. The zero-order valence-corrected chi connectivity index (χ0v) is 17.6. The predicted octanol–water partition coefficient (Wildman–Crippen LogP) is 2.95. The van der Waals surface area contributed by atoms with Crippen molar-refractivity contribution in [3.05, 3.63) is 54.0 Å². The number of halogens is 1. The molecule has 0 bridgehead atoms. The third-order valence-electron chi connectivity index (χ3n) is 3.59. The third-order valence-corrected chi connectivity index (χ3v) is 3.59. The number of methoxy groups -OCH3 is 1. The molecule has 3 rings (SSSR count). The summed E-state index contributed by atoms with van der Waals surface area (Å²) in [6.07, 6.45) is 1.60. The first kappa shape index (κ1) is 20.7. The molecule has 0 aliphatic heterocycles. The van der Waals surface area contributed by atoms with E-state index in [1.54, 1.807) is 19.4 Å². The van der Waals surface area contributed by atoms with Gasteiger partial charge in [0, 0.05) is 6.54 Å². The number of nitrogens with zero attached hydrogens (tertiary/aromatic N) is 3. The molecule has 144 valence electrons. The second-order valence-corrected chi connectivity index (χ2v) is 5.48. The van der Waals surface area contributed by atoms with Crippen LogP contribution in [-0.2, 0) is 13.1 Å². The maximum atomic E-state index is 5.29. The lowest BCUT2D eigenvalue weighted by molar-refractivity contribution is 0.414. The zero-order chi connectivity index (χ0) is 18.2. The molecule has 0 spiro atoms. The molecule has 0 fully saturated rings. The number of hydrogen-bond acceptors (Lipinski definition) is 5. The maximum Gasteiger partial charge on any atom is 0.216 e. The molecule has 2 heterocycles. The van der Waals surface area contributed by atoms with Crippen molar-refractivity contribution < 1.29 is 9.15 Å². The molecule has 0 saturated carbocycles. The van der Waals surface area contributed by atoms with Crippen LogP contribution in [0.5, 0.6) is 5.75 Å². The summed E-state index contributed by atoms with van der Waals surface area (Å²) in [5.41, 5.74) is 1.07. The minimum Gasteiger partial charge on any atom is -0.497 e. The Labute approximate surface area is 174 Å². The largest absolute Gasteiger partial charge is 0.497 e. The first-order chi connectivity index (χ1) is 12.8. The van der Waals surface area contributed by atoms with Crippen LogP contribution in [0.1, 0.15) is 18.3 Å². The van der Waals surface area contributed by atoms with Gasteiger partial charge < -0.3 is 19.8 Å². The zero-order valence-electron chi connectivity index (χ0n) is 15.2. The summed E-state index contributed by atoms with van der Waals surface area (Å²) in [4.78, 5) is 8.99. The molecule has 0 radical (unpaired) electrons. The number of benzene rings is 1. The molecule has 27 heavy (non-hydrogen) atoms. The first-order valence-electron chi connectivity index (χ1n) is 8.38. The van der Waals surface area contributed by atoms with Crippen LogP contribution in [0.15, 0.2) is 52.1 Å². The molecule has 0 atom stereocenters. The summed E-state index contributed by atoms with van der Waals surface area (Å²) in [5, 5.41) is 13.5. The smallest absolute Gasteiger partial charge is 0.216 e. The number of nitrogens with one attached hydrogen (secondary N) is 3. The molecule has 0 unspecified atom stereocenters. The highest BCUT2D eigenvalue weighted by molar-refractivity contribution is 14.0. The maximum absolute atomic E-state index is 5.29. The van der Waals surface area contributed by atoms with Crippen LogP contribution in [0, 0.1) is 0 Å². The van der Waals surface area contributed by atoms with Crippen LogP contribution in [0.2, 0.25) is 0 Å². The highest BCUT2D eigenvalue weighted by Crippen LogP contribution is 2.14. The SMILES string of the molecule is CCNC(=NCc1cccc(OC)c1)NCc1nc(-c2ccco2)n[nH]1.I. The summed E-state index contributed by atoms with van der Waals surface area (Å²) >= 11 is 0. The predicted molar refractivity (Wildman–Crippen MR) is 114 cm³/mol. The van der Waals surface area contributed by atoms with Gasteiger partial charge in [0.05, 0.1) is 26.5 Å². The van der Waals surface area contributed by atoms with E-state index < -0.39 is 0 Å². The number of H-pyrrole nitrogens is 1. The second kappa shape index (κ2) is 10.6. The van der Waals surface area contributed by atoms with E-state index in [4.69, 9.17) is 9.15 Å². The Bertz CT molecular complexity index is 847. The van der Waals surface area contributed by atoms with Gasteiger partial charge in [0.15, 0.2) is 11.7 Å². The van der Waals surface area contributed by atoms with Crippen molar-refractivity contribution in [2.24, 2.45) is 4.99 Å². The second-order valence-electron chi connectivity index (χ2n) is 5.48. The number of aromatic amines is 1. The van der Waals surface area contributed by atoms with Gasteiger partial charge in [-0.1, -0.05) is 12.1 Å². The van der Waals surface area contributed by atoms with Crippen LogP contribution in [0.25, 0.3) is 11.6 Å². The molecule has 9 heteroatoms. The van der Waals surface area contributed by atoms with Crippen molar-refractivity contribution in [1.29, 1.82) is 0 Å². The standard InChI is InChI=1S/C18H22N6O2.HI/c1-3-19-18(20-11-13-6-4-7-14(10-13)25-2)21-12-16-22-17(24-23-16)15-8-5-9-26-15;/h4-10H,3,11-12H2,1-2H3,(H2,19,20,21)(H,22,23,24);1H. The fourth-order valence-electron chi connectivity index (χ4n) is 2.34. The topological polar surface area (TPSA) is 100 Å². The molecule has 0 amide bonds. The third kappa shape index (κ3) is 5.98. The van der Waals surface area contributed by atoms with Gasteiger partial charge in [-0.25, -0.2) is 9.98 Å². The van der Waals surface area contributed by atoms with Crippen LogP contribution < -0.4 is 15.4 Å². The van der Waals surface area contributed by atoms with Crippen LogP contribution in [-0.4, -0.2) is 34.8 Å². The summed E-state index contributed by atoms with van der Waals surface area (Å²) < 4.78 is 10.5. The van der Waals surface area contributed by atoms with E-state index in [0.29, 0.717) is 36.5 Å². The quantitative estimate of drug-likeness (QED) is 0.272. The lowest BCUT2D eigenvalue weighted by atomic mass is 10.2. The lowest BCUT2D eigenvalue weighted by Crippen LogP contribution is -2.37. The van der Waals surface area contributed by atoms with Crippen molar-refractivity contribution in [1.82, 2.24) is 25.8 Å². The fourth-order valence-corrected chi connectivity index (χ4v) is 2.34. The number of aromatic nitrogens is 3. The van der Waals surface area contributed by atoms with E-state index >= 15 is 0 Å². The van der Waals surface area contributed by atoms with Gasteiger partial charge in [0.25, 0.3) is 0 Å². The molecule has 3 N–H and O–H groups in total. The minimum absolute atomic E-state index is 0. The molecule has 1 aromatic carbocycles. The molecule has 8 nitrogen and oxygen atoms in total. The van der Waals surface area contributed by atoms with E-state index in [0.717, 1.165) is 17.9 Å². The number of aliphatic imine (C=N–C) groups is 1. The monoisotopic (exact) mass is 482 g/mol. The molecule has 0 saturated heterocycles. The van der Waals surface area contributed by atoms with E-state index in [9.17, 15) is 0 Å². The van der Waals surface area contributed by atoms with Crippen molar-refractivity contribution in [2.75, 3.05) is 13.7 Å². The highest BCUT2D eigenvalue weighted by atomic mass is 127. The van der Waals surface area contributed by atoms with E-state index in [1.165, 1.54) is 0 Å². The number of hydrogen-bond donors (Lipinski definition) is 3. The summed E-state index contributed by atoms with van der Waals surface area (Å²) in [6, 6.07) is 11.5. The minimum atomic E-state index is 0. The summed E-state index contributed by atoms with van der Waals surface area (Å²) in [7, 11) is 1.66. The Hall–Kier alpha value is -2.56. The first-order valence-corrected chi connectivity index (χ1v) is 8.38. The van der Waals surface area contributed by atoms with Gasteiger partial charge in [-0.05, 0) is 36.8 Å². The Morgan fingerprint density at radius 1 is 1.26 bits per heavy atom. The summed E-state index contributed by atoms with van der Waals surface area (Å²) in [6.45, 7) is 3.79. The van der Waals surface area contributed by atoms with Crippen molar-refractivity contribution in [2.45, 2.75) is 20.0 Å². The van der Waals surface area contributed by atoms with Crippen molar-refractivity contribution in [3.63, 3.8) is 0 Å². The van der Waals surface area contributed by atoms with E-state index in [-0.39, 0.29) is 24.0 Å². The van der Waals surface area contributed by atoms with Gasteiger partial charge in [-0.15, -0.1) is 29.1 Å². The Morgan fingerprint density at radius 3 is 2.89 bits per heavy atom. The van der Waals surface area contributed by atoms with Gasteiger partial charge >= 0.3 is 0 Å². The highest BCUT2D eigenvalue weighted by Gasteiger charge is 2.08. The molecular weight excluding hydrogens is 459 g/mol. The number of guanidine groups is 1. The van der Waals surface area contributed by atoms with Gasteiger partial charge in [-0.2, -0.15) is 0 Å². The van der Waals surface area contributed by atoms with Crippen LogP contribution >= 0.6 is 24.0 Å². The van der Waals surface area contributed by atoms with E-state index in [1.807, 2.05) is 37.3 Å². The Kier molecular flexibility index (Phi) is 8.11. The number of ether oxygens (including phenoxy) is 1. The number of furan rings is 1. The van der Waals surface area contributed by atoms with Crippen molar-refractivity contribution >= 4 is 29.9 Å². The average Bonchev–Trinajstić information content (AvgIpc) is 3.35. The lowest BCUT2D eigenvalue weighted by Gasteiger charge is -2.10.